The summed E-state index contributed by atoms with van der Waals surface area (Å²) in [7, 11) is 1.73. The van der Waals surface area contributed by atoms with Gasteiger partial charge in [0.15, 0.2) is 0 Å². The van der Waals surface area contributed by atoms with E-state index in [2.05, 4.69) is 5.32 Å². The van der Waals surface area contributed by atoms with Crippen LogP contribution in [0.2, 0.25) is 0 Å². The molecule has 0 unspecified atom stereocenters. The molecule has 0 bridgehead atoms. The largest absolute Gasteiger partial charge is 0.491 e. The van der Waals surface area contributed by atoms with E-state index in [1.54, 1.807) is 47.6 Å². The Bertz CT molecular complexity index is 753. The molecule has 2 heterocycles. The fourth-order valence-electron chi connectivity index (χ4n) is 2.23. The molecular weight excluding hydrogens is 312 g/mol. The Hall–Kier alpha value is -2.60. The average molecular weight is 328 g/mol. The van der Waals surface area contributed by atoms with Crippen LogP contribution in [0, 0.1) is 0 Å². The van der Waals surface area contributed by atoms with Gasteiger partial charge in [0.2, 0.25) is 5.91 Å². The van der Waals surface area contributed by atoms with Gasteiger partial charge in [-0.05, 0) is 46.7 Å². The fourth-order valence-corrected chi connectivity index (χ4v) is 2.85. The molecule has 2 amide bonds. The number of nitrogens with zero attached hydrogens (tertiary/aromatic N) is 1. The molecule has 1 N–H and O–H groups in total. The third-order valence-corrected chi connectivity index (χ3v) is 4.18. The number of hydrogen-bond acceptors (Lipinski definition) is 4. The Morgan fingerprint density at radius 2 is 2.26 bits per heavy atom. The average Bonchev–Trinajstić information content (AvgIpc) is 3.02. The number of rotatable bonds is 3. The molecule has 118 valence electrons. The minimum atomic E-state index is -0.244. The number of thiophene rings is 1. The van der Waals surface area contributed by atoms with Gasteiger partial charge in [0.1, 0.15) is 12.4 Å². The standard InChI is InChI=1S/C17H16N2O3S/c1-19-7-8-22-15-4-3-13(10-14(15)17(19)21)18-16(20)5-2-12-6-9-23-11-12/h2-6,9-11H,7-8H2,1H3,(H,18,20)/b5-2+. The molecule has 0 saturated heterocycles. The van der Waals surface area contributed by atoms with Gasteiger partial charge in [0.05, 0.1) is 12.1 Å². The van der Waals surface area contributed by atoms with Gasteiger partial charge in [-0.2, -0.15) is 11.3 Å². The zero-order valence-electron chi connectivity index (χ0n) is 12.6. The highest BCUT2D eigenvalue weighted by Crippen LogP contribution is 2.26. The van der Waals surface area contributed by atoms with Gasteiger partial charge in [-0.25, -0.2) is 0 Å². The SMILES string of the molecule is CN1CCOc2ccc(NC(=O)/C=C/c3ccsc3)cc2C1=O. The summed E-state index contributed by atoms with van der Waals surface area (Å²) in [5.74, 6) is 0.195. The van der Waals surface area contributed by atoms with Crippen molar-refractivity contribution in [2.75, 3.05) is 25.5 Å². The number of anilines is 1. The van der Waals surface area contributed by atoms with Crippen molar-refractivity contribution < 1.29 is 14.3 Å². The van der Waals surface area contributed by atoms with E-state index in [1.165, 1.54) is 6.08 Å². The van der Waals surface area contributed by atoms with Crippen LogP contribution in [-0.2, 0) is 4.79 Å². The number of nitrogens with one attached hydrogen (secondary N) is 1. The molecule has 1 aliphatic rings. The minimum Gasteiger partial charge on any atom is -0.491 e. The number of hydrogen-bond donors (Lipinski definition) is 1. The maximum atomic E-state index is 12.3. The maximum absolute atomic E-state index is 12.3. The number of amides is 2. The first-order valence-corrected chi connectivity index (χ1v) is 8.11. The highest BCUT2D eigenvalue weighted by Gasteiger charge is 2.21. The van der Waals surface area contributed by atoms with Crippen LogP contribution in [0.25, 0.3) is 6.08 Å². The van der Waals surface area contributed by atoms with Crippen molar-refractivity contribution in [3.8, 4) is 5.75 Å². The molecule has 1 aliphatic heterocycles. The molecule has 6 heteroatoms. The molecule has 0 radical (unpaired) electrons. The minimum absolute atomic E-state index is 0.109. The second-order valence-corrected chi connectivity index (χ2v) is 5.95. The molecule has 0 saturated carbocycles. The Morgan fingerprint density at radius 1 is 1.39 bits per heavy atom. The molecule has 1 aromatic carbocycles. The highest BCUT2D eigenvalue weighted by molar-refractivity contribution is 7.08. The van der Waals surface area contributed by atoms with Crippen LogP contribution in [0.4, 0.5) is 5.69 Å². The van der Waals surface area contributed by atoms with Gasteiger partial charge < -0.3 is 15.0 Å². The van der Waals surface area contributed by atoms with Crippen LogP contribution < -0.4 is 10.1 Å². The monoisotopic (exact) mass is 328 g/mol. The van der Waals surface area contributed by atoms with Gasteiger partial charge >= 0.3 is 0 Å². The summed E-state index contributed by atoms with van der Waals surface area (Å²) in [6, 6.07) is 7.02. The third kappa shape index (κ3) is 3.60. The molecule has 23 heavy (non-hydrogen) atoms. The second-order valence-electron chi connectivity index (χ2n) is 5.17. The number of fused-ring (bicyclic) bond motifs is 1. The Labute approximate surface area is 138 Å². The van der Waals surface area contributed by atoms with Crippen molar-refractivity contribution in [2.45, 2.75) is 0 Å². The summed E-state index contributed by atoms with van der Waals surface area (Å²) in [4.78, 5) is 25.8. The lowest BCUT2D eigenvalue weighted by Crippen LogP contribution is -2.27. The van der Waals surface area contributed by atoms with Gasteiger partial charge in [-0.15, -0.1) is 0 Å². The summed E-state index contributed by atoms with van der Waals surface area (Å²) < 4.78 is 5.56. The molecule has 0 atom stereocenters. The Balaban J connectivity index is 1.75. The fraction of sp³-hybridized carbons (Fsp3) is 0.176. The number of likely N-dealkylation sites (N-methyl/N-ethyl adjacent to an activating group) is 1. The van der Waals surface area contributed by atoms with Crippen molar-refractivity contribution in [1.82, 2.24) is 4.90 Å². The Morgan fingerprint density at radius 3 is 3.04 bits per heavy atom. The van der Waals surface area contributed by atoms with Gasteiger partial charge in [-0.3, -0.25) is 9.59 Å². The number of carbonyl (C=O) groups excluding carboxylic acids is 2. The van der Waals surface area contributed by atoms with Gasteiger partial charge in [-0.1, -0.05) is 0 Å². The molecule has 1 aromatic heterocycles. The van der Waals surface area contributed by atoms with E-state index in [0.29, 0.717) is 30.2 Å². The van der Waals surface area contributed by atoms with E-state index < -0.39 is 0 Å². The second kappa shape index (κ2) is 6.66. The summed E-state index contributed by atoms with van der Waals surface area (Å²) in [6.07, 6.45) is 3.22. The predicted molar refractivity (Wildman–Crippen MR) is 90.9 cm³/mol. The summed E-state index contributed by atoms with van der Waals surface area (Å²) in [6.45, 7) is 1.00. The normalized spacial score (nSPS) is 14.3. The lowest BCUT2D eigenvalue weighted by Gasteiger charge is -2.13. The van der Waals surface area contributed by atoms with Crippen molar-refractivity contribution in [1.29, 1.82) is 0 Å². The molecule has 2 aromatic rings. The van der Waals surface area contributed by atoms with E-state index in [9.17, 15) is 9.59 Å². The first-order chi connectivity index (χ1) is 11.1. The van der Waals surface area contributed by atoms with E-state index in [1.807, 2.05) is 16.8 Å². The van der Waals surface area contributed by atoms with E-state index in [0.717, 1.165) is 5.56 Å². The summed E-state index contributed by atoms with van der Waals surface area (Å²) in [5, 5.41) is 6.67. The van der Waals surface area contributed by atoms with Crippen molar-refractivity contribution in [3.05, 3.63) is 52.2 Å². The van der Waals surface area contributed by atoms with E-state index in [4.69, 9.17) is 4.74 Å². The number of carbonyl (C=O) groups is 2. The van der Waals surface area contributed by atoms with E-state index >= 15 is 0 Å². The topological polar surface area (TPSA) is 58.6 Å². The molecular formula is C17H16N2O3S. The zero-order chi connectivity index (χ0) is 16.2. The quantitative estimate of drug-likeness (QED) is 0.882. The third-order valence-electron chi connectivity index (χ3n) is 3.48. The predicted octanol–water partition coefficient (Wildman–Crippen LogP) is 2.86. The molecule has 0 spiro atoms. The number of benzene rings is 1. The number of ether oxygens (including phenoxy) is 1. The molecule has 3 rings (SSSR count). The van der Waals surface area contributed by atoms with Crippen molar-refractivity contribution in [3.63, 3.8) is 0 Å². The van der Waals surface area contributed by atoms with Crippen LogP contribution >= 0.6 is 11.3 Å². The summed E-state index contributed by atoms with van der Waals surface area (Å²) in [5.41, 5.74) is 2.01. The van der Waals surface area contributed by atoms with Crippen molar-refractivity contribution >= 4 is 34.9 Å². The van der Waals surface area contributed by atoms with Gasteiger partial charge in [0.25, 0.3) is 5.91 Å². The molecule has 5 nitrogen and oxygen atoms in total. The zero-order valence-corrected chi connectivity index (χ0v) is 13.4. The lowest BCUT2D eigenvalue weighted by atomic mass is 10.1. The first kappa shape index (κ1) is 15.3. The summed E-state index contributed by atoms with van der Waals surface area (Å²) >= 11 is 1.57. The van der Waals surface area contributed by atoms with Crippen LogP contribution in [-0.4, -0.2) is 36.9 Å². The van der Waals surface area contributed by atoms with Crippen LogP contribution in [0.5, 0.6) is 5.75 Å². The lowest BCUT2D eigenvalue weighted by molar-refractivity contribution is -0.111. The van der Waals surface area contributed by atoms with Crippen LogP contribution in [0.1, 0.15) is 15.9 Å². The smallest absolute Gasteiger partial charge is 0.257 e. The molecule has 0 fully saturated rings. The van der Waals surface area contributed by atoms with Crippen molar-refractivity contribution in [2.24, 2.45) is 0 Å². The first-order valence-electron chi connectivity index (χ1n) is 7.17. The maximum Gasteiger partial charge on any atom is 0.257 e. The van der Waals surface area contributed by atoms with E-state index in [-0.39, 0.29) is 11.8 Å². The highest BCUT2D eigenvalue weighted by atomic mass is 32.1. The van der Waals surface area contributed by atoms with Gasteiger partial charge in [0, 0.05) is 18.8 Å². The Kier molecular flexibility index (Phi) is 4.43. The molecule has 0 aliphatic carbocycles. The van der Waals surface area contributed by atoms with Crippen LogP contribution in [0.3, 0.4) is 0 Å². The van der Waals surface area contributed by atoms with Crippen LogP contribution in [0.15, 0.2) is 41.1 Å².